The third kappa shape index (κ3) is 9.03. The standard InChI is InChI=1S/C40H51N7O6/c1-26-15-18-30(19-16-26)40(28-10-5-3-6-11-28,29-12-7-4-8-13-29)46-39(42)43-23-9-14-32(36(50)44-24-34(49)53-2)45-37(51)33-22-21-31-20-17-27(25-48)35(41)38(52)47(31)33/h3-8,10-13,15-16,18-19,27,31-33,35,48H,9,14,17,20-25,41H2,1-2H3,(H,44,50)(H,45,51)(H3,42,43,46)/t27-,31+,32+,33+,35+/m1/s1. The molecule has 13 nitrogen and oxygen atoms in total. The van der Waals surface area contributed by atoms with Gasteiger partial charge >= 0.3 is 5.97 Å². The molecule has 2 heterocycles. The van der Waals surface area contributed by atoms with Gasteiger partial charge in [-0.1, -0.05) is 90.5 Å². The van der Waals surface area contributed by atoms with Crippen LogP contribution in [0.5, 0.6) is 0 Å². The molecule has 0 unspecified atom stereocenters. The van der Waals surface area contributed by atoms with E-state index in [9.17, 15) is 24.3 Å². The summed E-state index contributed by atoms with van der Waals surface area (Å²) in [5.41, 5.74) is 16.0. The highest BCUT2D eigenvalue weighted by Gasteiger charge is 2.46. The highest BCUT2D eigenvalue weighted by atomic mass is 16.5. The van der Waals surface area contributed by atoms with Crippen molar-refractivity contribution in [2.24, 2.45) is 22.4 Å². The summed E-state index contributed by atoms with van der Waals surface area (Å²) in [4.78, 5) is 58.4. The summed E-state index contributed by atoms with van der Waals surface area (Å²) >= 11 is 0. The number of aryl methyl sites for hydroxylation is 1. The second kappa shape index (κ2) is 18.0. The summed E-state index contributed by atoms with van der Waals surface area (Å²) in [5.74, 6) is -2.25. The molecule has 53 heavy (non-hydrogen) atoms. The van der Waals surface area contributed by atoms with Crippen LogP contribution in [0.25, 0.3) is 0 Å². The molecule has 3 aromatic rings. The summed E-state index contributed by atoms with van der Waals surface area (Å²) in [7, 11) is 1.22. The van der Waals surface area contributed by atoms with Crippen molar-refractivity contribution in [3.8, 4) is 0 Å². The molecule has 2 aliphatic heterocycles. The van der Waals surface area contributed by atoms with E-state index >= 15 is 0 Å². The Bertz CT molecular complexity index is 1700. The smallest absolute Gasteiger partial charge is 0.325 e. The van der Waals surface area contributed by atoms with E-state index in [0.29, 0.717) is 32.1 Å². The minimum absolute atomic E-state index is 0.170. The van der Waals surface area contributed by atoms with E-state index in [1.54, 1.807) is 0 Å². The van der Waals surface area contributed by atoms with Crippen LogP contribution in [0, 0.1) is 12.8 Å². The number of carbonyl (C=O) groups excluding carboxylic acids is 4. The van der Waals surface area contributed by atoms with Gasteiger partial charge in [0.05, 0.1) is 13.2 Å². The average molecular weight is 726 g/mol. The van der Waals surface area contributed by atoms with Crippen LogP contribution in [0.1, 0.15) is 60.8 Å². The van der Waals surface area contributed by atoms with Crippen LogP contribution in [0.2, 0.25) is 0 Å². The van der Waals surface area contributed by atoms with Gasteiger partial charge in [-0.3, -0.25) is 24.2 Å². The van der Waals surface area contributed by atoms with Crippen LogP contribution in [0.4, 0.5) is 0 Å². The zero-order valence-corrected chi connectivity index (χ0v) is 30.4. The molecule has 282 valence electrons. The predicted molar refractivity (Wildman–Crippen MR) is 201 cm³/mol. The molecule has 0 spiro atoms. The van der Waals surface area contributed by atoms with Crippen molar-refractivity contribution in [1.29, 1.82) is 0 Å². The molecule has 8 N–H and O–H groups in total. The first kappa shape index (κ1) is 38.9. The summed E-state index contributed by atoms with van der Waals surface area (Å²) < 4.78 is 4.67. The molecule has 5 atom stereocenters. The second-order valence-corrected chi connectivity index (χ2v) is 13.8. The van der Waals surface area contributed by atoms with Gasteiger partial charge in [-0.25, -0.2) is 0 Å². The van der Waals surface area contributed by atoms with Gasteiger partial charge in [0.15, 0.2) is 5.96 Å². The summed E-state index contributed by atoms with van der Waals surface area (Å²) in [6.45, 7) is 1.67. The number of ether oxygens (including phenoxy) is 1. The molecule has 0 saturated carbocycles. The van der Waals surface area contributed by atoms with Crippen LogP contribution in [0.15, 0.2) is 89.9 Å². The maximum absolute atomic E-state index is 13.7. The normalized spacial score (nSPS) is 20.9. The number of nitrogens with two attached hydrogens (primary N) is 2. The fourth-order valence-electron chi connectivity index (χ4n) is 7.44. The van der Waals surface area contributed by atoms with Gasteiger partial charge in [0.25, 0.3) is 0 Å². The van der Waals surface area contributed by atoms with Crippen molar-refractivity contribution >= 4 is 29.7 Å². The summed E-state index contributed by atoms with van der Waals surface area (Å²) in [6, 6.07) is 25.3. The number of nitrogens with zero attached hydrogens (tertiary/aromatic N) is 2. The van der Waals surface area contributed by atoms with Gasteiger partial charge in [-0.05, 0) is 62.1 Å². The van der Waals surface area contributed by atoms with Crippen LogP contribution < -0.4 is 27.4 Å². The lowest BCUT2D eigenvalue weighted by Gasteiger charge is -2.37. The third-order valence-corrected chi connectivity index (χ3v) is 10.4. The summed E-state index contributed by atoms with van der Waals surface area (Å²) in [5, 5.41) is 18.7. The minimum atomic E-state index is -1.03. The van der Waals surface area contributed by atoms with Gasteiger partial charge in [-0.2, -0.15) is 0 Å². The molecule has 0 radical (unpaired) electrons. The van der Waals surface area contributed by atoms with E-state index < -0.39 is 41.4 Å². The van der Waals surface area contributed by atoms with Crippen molar-refractivity contribution < 1.29 is 29.0 Å². The highest BCUT2D eigenvalue weighted by molar-refractivity contribution is 5.94. The van der Waals surface area contributed by atoms with E-state index in [0.717, 1.165) is 22.3 Å². The molecular formula is C40H51N7O6. The van der Waals surface area contributed by atoms with Crippen LogP contribution in [0.3, 0.4) is 0 Å². The fraction of sp³-hybridized carbons (Fsp3) is 0.425. The predicted octanol–water partition coefficient (Wildman–Crippen LogP) is 1.83. The molecule has 5 rings (SSSR count). The van der Waals surface area contributed by atoms with E-state index in [-0.39, 0.29) is 49.9 Å². The maximum atomic E-state index is 13.7. The summed E-state index contributed by atoms with van der Waals surface area (Å²) in [6.07, 6.45) is 2.78. The molecule has 0 aliphatic carbocycles. The topological polar surface area (TPSA) is 201 Å². The van der Waals surface area contributed by atoms with Crippen molar-refractivity contribution in [3.05, 3.63) is 107 Å². The Labute approximate surface area is 310 Å². The Kier molecular flexibility index (Phi) is 13.2. The molecule has 0 bridgehead atoms. The highest BCUT2D eigenvalue weighted by Crippen LogP contribution is 2.37. The molecule has 0 aromatic heterocycles. The average Bonchev–Trinajstić information content (AvgIpc) is 3.57. The molecular weight excluding hydrogens is 674 g/mol. The van der Waals surface area contributed by atoms with Crippen LogP contribution in [-0.2, 0) is 29.5 Å². The SMILES string of the molecule is COC(=O)CNC(=O)[C@H](CCCN=C(N)NC(c1ccccc1)(c1ccccc1)c1ccc(C)cc1)NC(=O)[C@@H]1CC[C@@H]2CC[C@H](CO)[C@H](N)C(=O)N21. The molecule has 2 saturated heterocycles. The van der Waals surface area contributed by atoms with Gasteiger partial charge in [0.2, 0.25) is 17.7 Å². The Morgan fingerprint density at radius 3 is 2.15 bits per heavy atom. The van der Waals surface area contributed by atoms with Crippen molar-refractivity contribution in [1.82, 2.24) is 20.9 Å². The van der Waals surface area contributed by atoms with Gasteiger partial charge in [-0.15, -0.1) is 0 Å². The van der Waals surface area contributed by atoms with E-state index in [2.05, 4.69) is 49.9 Å². The lowest BCUT2D eigenvalue weighted by molar-refractivity contribution is -0.143. The number of aliphatic hydroxyl groups excluding tert-OH is 1. The zero-order chi connectivity index (χ0) is 38.0. The van der Waals surface area contributed by atoms with Crippen molar-refractivity contribution in [3.63, 3.8) is 0 Å². The van der Waals surface area contributed by atoms with Crippen LogP contribution in [-0.4, -0.2) is 90.6 Å². The number of nitrogens with one attached hydrogen (secondary N) is 3. The van der Waals surface area contributed by atoms with E-state index in [4.69, 9.17) is 11.5 Å². The van der Waals surface area contributed by atoms with Gasteiger partial charge in [0.1, 0.15) is 24.2 Å². The van der Waals surface area contributed by atoms with E-state index in [1.807, 2.05) is 67.6 Å². The molecule has 2 fully saturated rings. The Morgan fingerprint density at radius 2 is 1.55 bits per heavy atom. The number of rotatable bonds is 14. The monoisotopic (exact) mass is 725 g/mol. The lowest BCUT2D eigenvalue weighted by atomic mass is 9.77. The first-order valence-electron chi connectivity index (χ1n) is 18.2. The number of methoxy groups -OCH3 is 1. The van der Waals surface area contributed by atoms with Gasteiger partial charge in [0, 0.05) is 25.1 Å². The number of aliphatic imine (C=N–C) groups is 1. The first-order valence-corrected chi connectivity index (χ1v) is 18.2. The number of hydrogen-bond acceptors (Lipinski definition) is 8. The number of benzene rings is 3. The second-order valence-electron chi connectivity index (χ2n) is 13.8. The van der Waals surface area contributed by atoms with Crippen molar-refractivity contribution in [2.45, 2.75) is 75.2 Å². The largest absolute Gasteiger partial charge is 0.468 e. The quantitative estimate of drug-likeness (QED) is 0.0472. The van der Waals surface area contributed by atoms with E-state index in [1.165, 1.54) is 12.0 Å². The minimum Gasteiger partial charge on any atom is -0.468 e. The molecule has 13 heteroatoms. The number of fused-ring (bicyclic) bond motifs is 1. The Balaban J connectivity index is 1.33. The number of hydrogen-bond donors (Lipinski definition) is 6. The first-order chi connectivity index (χ1) is 25.6. The number of guanidine groups is 1. The third-order valence-electron chi connectivity index (χ3n) is 10.4. The molecule has 3 amide bonds. The number of carbonyl (C=O) groups is 4. The fourth-order valence-corrected chi connectivity index (χ4v) is 7.44. The number of amides is 3. The zero-order valence-electron chi connectivity index (χ0n) is 30.4. The molecule has 3 aromatic carbocycles. The van der Waals surface area contributed by atoms with Crippen molar-refractivity contribution in [2.75, 3.05) is 26.8 Å². The Morgan fingerprint density at radius 1 is 0.943 bits per heavy atom. The number of aliphatic hydroxyl groups is 1. The number of esters is 1. The Hall–Kier alpha value is -5.27. The van der Waals surface area contributed by atoms with Crippen LogP contribution >= 0.6 is 0 Å². The lowest BCUT2D eigenvalue weighted by Crippen LogP contribution is -2.57. The maximum Gasteiger partial charge on any atom is 0.325 e. The van der Waals surface area contributed by atoms with Gasteiger partial charge < -0.3 is 42.2 Å². The molecule has 2 aliphatic rings.